The largest absolute Gasteiger partial charge is 0.493 e. The van der Waals surface area contributed by atoms with Crippen molar-refractivity contribution >= 4 is 18.0 Å². The number of aliphatic carboxylic acids is 1. The van der Waals surface area contributed by atoms with Crippen molar-refractivity contribution in [2.45, 2.75) is 20.3 Å². The van der Waals surface area contributed by atoms with Gasteiger partial charge in [0.2, 0.25) is 5.91 Å². The molecule has 1 aromatic carbocycles. The minimum absolute atomic E-state index is 0.170. The summed E-state index contributed by atoms with van der Waals surface area (Å²) in [5.41, 5.74) is -0.00916. The molecule has 1 aliphatic rings. The summed E-state index contributed by atoms with van der Waals surface area (Å²) in [6.45, 7) is 4.86. The van der Waals surface area contributed by atoms with E-state index in [2.05, 4.69) is 0 Å². The molecule has 1 saturated heterocycles. The van der Waals surface area contributed by atoms with Gasteiger partial charge in [-0.15, -0.1) is 0 Å². The predicted molar refractivity (Wildman–Crippen MR) is 83.6 cm³/mol. The molecule has 0 bridgehead atoms. The topological polar surface area (TPSA) is 66.8 Å². The highest BCUT2D eigenvalue weighted by molar-refractivity contribution is 5.93. The van der Waals surface area contributed by atoms with Crippen molar-refractivity contribution in [3.8, 4) is 5.75 Å². The average molecular weight is 303 g/mol. The van der Waals surface area contributed by atoms with Gasteiger partial charge in [-0.05, 0) is 32.4 Å². The van der Waals surface area contributed by atoms with Crippen LogP contribution in [0.5, 0.6) is 5.75 Å². The highest BCUT2D eigenvalue weighted by Gasteiger charge is 2.41. The molecular formula is C17H21NO4. The van der Waals surface area contributed by atoms with Gasteiger partial charge < -0.3 is 14.7 Å². The molecule has 1 unspecified atom stereocenters. The van der Waals surface area contributed by atoms with E-state index in [9.17, 15) is 14.7 Å². The normalized spacial score (nSPS) is 21.3. The molecule has 1 amide bonds. The smallest absolute Gasteiger partial charge is 0.311 e. The van der Waals surface area contributed by atoms with E-state index in [1.165, 1.54) is 6.08 Å². The Morgan fingerprint density at radius 1 is 1.41 bits per heavy atom. The molecule has 1 N–H and O–H groups in total. The summed E-state index contributed by atoms with van der Waals surface area (Å²) in [5, 5.41) is 9.20. The number of para-hydroxylation sites is 1. The first kappa shape index (κ1) is 16.1. The molecule has 1 fully saturated rings. The Morgan fingerprint density at radius 3 is 2.77 bits per heavy atom. The lowest BCUT2D eigenvalue weighted by Crippen LogP contribution is -2.34. The fourth-order valence-corrected chi connectivity index (χ4v) is 2.50. The van der Waals surface area contributed by atoms with Crippen LogP contribution in [0.1, 0.15) is 25.8 Å². The van der Waals surface area contributed by atoms with Gasteiger partial charge in [0.05, 0.1) is 12.0 Å². The SMILES string of the molecule is CCOc1ccccc1/C=C/C(=O)N1CCC(C)(C(=O)O)C1. The van der Waals surface area contributed by atoms with Gasteiger partial charge >= 0.3 is 5.97 Å². The van der Waals surface area contributed by atoms with E-state index in [4.69, 9.17) is 4.74 Å². The lowest BCUT2D eigenvalue weighted by Gasteiger charge is -2.19. The van der Waals surface area contributed by atoms with Gasteiger partial charge in [0.25, 0.3) is 0 Å². The second kappa shape index (κ2) is 6.64. The molecule has 1 atom stereocenters. The van der Waals surface area contributed by atoms with Gasteiger partial charge in [-0.3, -0.25) is 9.59 Å². The Morgan fingerprint density at radius 2 is 2.14 bits per heavy atom. The van der Waals surface area contributed by atoms with Crippen LogP contribution in [0.25, 0.3) is 6.08 Å². The Hall–Kier alpha value is -2.30. The van der Waals surface area contributed by atoms with Gasteiger partial charge in [-0.1, -0.05) is 18.2 Å². The first-order valence-corrected chi connectivity index (χ1v) is 7.38. The fraction of sp³-hybridized carbons (Fsp3) is 0.412. The van der Waals surface area contributed by atoms with Crippen LogP contribution in [0.15, 0.2) is 30.3 Å². The third-order valence-electron chi connectivity index (χ3n) is 3.93. The van der Waals surface area contributed by atoms with Gasteiger partial charge in [0.1, 0.15) is 5.75 Å². The summed E-state index contributed by atoms with van der Waals surface area (Å²) < 4.78 is 5.51. The minimum Gasteiger partial charge on any atom is -0.493 e. The van der Waals surface area contributed by atoms with Crippen LogP contribution in [0.3, 0.4) is 0 Å². The number of carbonyl (C=O) groups is 2. The molecule has 1 aromatic rings. The third kappa shape index (κ3) is 3.47. The Bertz CT molecular complexity index is 596. The molecule has 22 heavy (non-hydrogen) atoms. The second-order valence-electron chi connectivity index (χ2n) is 5.68. The predicted octanol–water partition coefficient (Wildman–Crippen LogP) is 2.42. The minimum atomic E-state index is -0.853. The maximum Gasteiger partial charge on any atom is 0.311 e. The molecule has 1 aliphatic heterocycles. The number of carboxylic acid groups (broad SMARTS) is 1. The van der Waals surface area contributed by atoms with E-state index in [0.717, 1.165) is 11.3 Å². The molecule has 0 saturated carbocycles. The molecule has 118 valence electrons. The van der Waals surface area contributed by atoms with E-state index in [0.29, 0.717) is 19.6 Å². The number of rotatable bonds is 5. The van der Waals surface area contributed by atoms with E-state index >= 15 is 0 Å². The monoisotopic (exact) mass is 303 g/mol. The number of hydrogen-bond donors (Lipinski definition) is 1. The summed E-state index contributed by atoms with van der Waals surface area (Å²) in [5.74, 6) is -0.296. The second-order valence-corrected chi connectivity index (χ2v) is 5.68. The van der Waals surface area contributed by atoms with Crippen molar-refractivity contribution in [1.29, 1.82) is 0 Å². The van der Waals surface area contributed by atoms with Crippen molar-refractivity contribution in [3.05, 3.63) is 35.9 Å². The Kier molecular flexibility index (Phi) is 4.85. The number of amides is 1. The number of benzene rings is 1. The van der Waals surface area contributed by atoms with Crippen molar-refractivity contribution in [3.63, 3.8) is 0 Å². The third-order valence-corrected chi connectivity index (χ3v) is 3.93. The first-order valence-electron chi connectivity index (χ1n) is 7.38. The molecule has 0 aliphatic carbocycles. The number of nitrogens with zero attached hydrogens (tertiary/aromatic N) is 1. The maximum absolute atomic E-state index is 12.2. The van der Waals surface area contributed by atoms with Gasteiger partial charge in [0.15, 0.2) is 0 Å². The fourth-order valence-electron chi connectivity index (χ4n) is 2.50. The Labute approximate surface area is 130 Å². The lowest BCUT2D eigenvalue weighted by atomic mass is 9.90. The summed E-state index contributed by atoms with van der Waals surface area (Å²) in [6, 6.07) is 7.48. The van der Waals surface area contributed by atoms with E-state index in [1.807, 2.05) is 31.2 Å². The van der Waals surface area contributed by atoms with Crippen molar-refractivity contribution in [2.75, 3.05) is 19.7 Å². The van der Waals surface area contributed by atoms with Crippen LogP contribution in [0, 0.1) is 5.41 Å². The van der Waals surface area contributed by atoms with Crippen LogP contribution >= 0.6 is 0 Å². The molecule has 0 radical (unpaired) electrons. The van der Waals surface area contributed by atoms with Crippen molar-refractivity contribution in [2.24, 2.45) is 5.41 Å². The van der Waals surface area contributed by atoms with E-state index in [1.54, 1.807) is 17.9 Å². The van der Waals surface area contributed by atoms with Gasteiger partial charge in [0, 0.05) is 24.7 Å². The van der Waals surface area contributed by atoms with Gasteiger partial charge in [-0.2, -0.15) is 0 Å². The van der Waals surface area contributed by atoms with Crippen LogP contribution in [0.4, 0.5) is 0 Å². The molecule has 5 heteroatoms. The summed E-state index contributed by atoms with van der Waals surface area (Å²) in [6.07, 6.45) is 3.67. The summed E-state index contributed by atoms with van der Waals surface area (Å²) in [4.78, 5) is 25.0. The quantitative estimate of drug-likeness (QED) is 0.848. The highest BCUT2D eigenvalue weighted by Crippen LogP contribution is 2.30. The molecule has 0 aromatic heterocycles. The number of carboxylic acids is 1. The Balaban J connectivity index is 2.05. The highest BCUT2D eigenvalue weighted by atomic mass is 16.5. The zero-order valence-electron chi connectivity index (χ0n) is 12.9. The number of ether oxygens (including phenoxy) is 1. The zero-order chi connectivity index (χ0) is 16.2. The van der Waals surface area contributed by atoms with Crippen LogP contribution in [0.2, 0.25) is 0 Å². The molecule has 5 nitrogen and oxygen atoms in total. The standard InChI is InChI=1S/C17H21NO4/c1-3-22-14-7-5-4-6-13(14)8-9-15(19)18-11-10-17(2,12-18)16(20)21/h4-9H,3,10-12H2,1-2H3,(H,20,21)/b9-8+. The lowest BCUT2D eigenvalue weighted by molar-refractivity contribution is -0.147. The zero-order valence-corrected chi connectivity index (χ0v) is 12.9. The molecule has 0 spiro atoms. The van der Waals surface area contributed by atoms with E-state index < -0.39 is 11.4 Å². The number of likely N-dealkylation sites (tertiary alicyclic amines) is 1. The average Bonchev–Trinajstić information content (AvgIpc) is 2.90. The van der Waals surface area contributed by atoms with Crippen LogP contribution in [-0.2, 0) is 9.59 Å². The molecule has 2 rings (SSSR count). The molecular weight excluding hydrogens is 282 g/mol. The van der Waals surface area contributed by atoms with E-state index in [-0.39, 0.29) is 12.5 Å². The van der Waals surface area contributed by atoms with Crippen LogP contribution in [-0.4, -0.2) is 41.6 Å². The summed E-state index contributed by atoms with van der Waals surface area (Å²) >= 11 is 0. The van der Waals surface area contributed by atoms with Gasteiger partial charge in [-0.25, -0.2) is 0 Å². The molecule has 1 heterocycles. The summed E-state index contributed by atoms with van der Waals surface area (Å²) in [7, 11) is 0. The number of carbonyl (C=O) groups excluding carboxylic acids is 1. The van der Waals surface area contributed by atoms with Crippen molar-refractivity contribution in [1.82, 2.24) is 4.90 Å². The van der Waals surface area contributed by atoms with Crippen molar-refractivity contribution < 1.29 is 19.4 Å². The van der Waals surface area contributed by atoms with Crippen LogP contribution < -0.4 is 4.74 Å². The first-order chi connectivity index (χ1) is 10.5. The number of hydrogen-bond acceptors (Lipinski definition) is 3. The maximum atomic E-state index is 12.2.